The number of ketones is 3. The quantitative estimate of drug-likeness (QED) is 0.0714. The van der Waals surface area contributed by atoms with Crippen LogP contribution in [0.3, 0.4) is 0 Å². The fraction of sp³-hybridized carbons (Fsp3) is 0.389. The molecule has 0 saturated carbocycles. The number of carbonyl (C=O) groups is 4. The number of rotatable bonds is 9. The van der Waals surface area contributed by atoms with Gasteiger partial charge in [-0.05, 0) is 19.1 Å². The summed E-state index contributed by atoms with van der Waals surface area (Å²) >= 11 is 0. The van der Waals surface area contributed by atoms with E-state index in [1.54, 1.807) is 6.92 Å². The minimum absolute atomic E-state index is 0.0173. The number of non-ortho nitro benzene ring substituents is 1. The maximum atomic E-state index is 13.6. The monoisotopic (exact) mass is 769 g/mol. The molecule has 0 spiro atoms. The van der Waals surface area contributed by atoms with E-state index in [9.17, 15) is 54.8 Å². The second-order valence-electron chi connectivity index (χ2n) is 13.0. The maximum Gasteiger partial charge on any atom is 0.404 e. The van der Waals surface area contributed by atoms with Crippen LogP contribution in [0.1, 0.15) is 74.4 Å². The smallest absolute Gasteiger partial charge is 0.404 e. The Hall–Kier alpha value is -5.70. The zero-order valence-corrected chi connectivity index (χ0v) is 29.7. The number of ether oxygens (including phenoxy) is 5. The summed E-state index contributed by atoms with van der Waals surface area (Å²) in [5, 5.41) is 64.2. The third kappa shape index (κ3) is 7.66. The fourth-order valence-corrected chi connectivity index (χ4v) is 6.87. The molecule has 55 heavy (non-hydrogen) atoms. The molecule has 6 rings (SSSR count). The predicted molar refractivity (Wildman–Crippen MR) is 186 cm³/mol. The second-order valence-corrected chi connectivity index (χ2v) is 13.0. The molecule has 1 aliphatic heterocycles. The number of aliphatic hydroxyl groups excluding tert-OH is 2. The zero-order chi connectivity index (χ0) is 40.5. The molecule has 2 aliphatic carbocycles. The molecule has 0 bridgehead atoms. The molecule has 1 saturated heterocycles. The van der Waals surface area contributed by atoms with Crippen molar-refractivity contribution in [3.8, 4) is 23.0 Å². The Labute approximate surface area is 312 Å². The number of hydrogen-bond donors (Lipinski definition) is 7. The number of benzene rings is 3. The Morgan fingerprint density at radius 2 is 1.71 bits per heavy atom. The van der Waals surface area contributed by atoms with Gasteiger partial charge in [-0.1, -0.05) is 12.1 Å². The first kappa shape index (κ1) is 40.5. The highest BCUT2D eigenvalue weighted by Gasteiger charge is 2.50. The molecular weight excluding hydrogens is 730 g/mol. The van der Waals surface area contributed by atoms with Crippen molar-refractivity contribution >= 4 is 29.1 Å². The number of nitrogens with two attached hydrogens (primary N) is 2. The molecule has 1 fully saturated rings. The summed E-state index contributed by atoms with van der Waals surface area (Å²) < 4.78 is 26.5. The molecular formula is C36H39N3O16. The van der Waals surface area contributed by atoms with E-state index in [1.807, 2.05) is 0 Å². The number of phenols is 2. The molecule has 0 radical (unpaired) electrons. The number of nitro groups is 1. The molecule has 3 aromatic rings. The van der Waals surface area contributed by atoms with E-state index in [-0.39, 0.29) is 52.5 Å². The lowest BCUT2D eigenvalue weighted by atomic mass is 9.72. The lowest BCUT2D eigenvalue weighted by Gasteiger charge is -2.42. The number of primary amides is 1. The van der Waals surface area contributed by atoms with Gasteiger partial charge in [-0.25, -0.2) is 4.79 Å². The topological polar surface area (TPSA) is 311 Å². The molecule has 1 amide bonds. The van der Waals surface area contributed by atoms with Gasteiger partial charge < -0.3 is 60.7 Å². The van der Waals surface area contributed by atoms with Crippen molar-refractivity contribution in [1.82, 2.24) is 0 Å². The van der Waals surface area contributed by atoms with Gasteiger partial charge in [0, 0.05) is 53.6 Å². The van der Waals surface area contributed by atoms with Crippen LogP contribution >= 0.6 is 0 Å². The number of methoxy groups -OCH3 is 2. The van der Waals surface area contributed by atoms with Crippen molar-refractivity contribution in [3.63, 3.8) is 0 Å². The molecule has 0 aromatic heterocycles. The summed E-state index contributed by atoms with van der Waals surface area (Å²) in [5.74, 6) is -3.50. The van der Waals surface area contributed by atoms with Crippen molar-refractivity contribution in [2.45, 2.75) is 69.0 Å². The third-order valence-electron chi connectivity index (χ3n) is 9.66. The van der Waals surface area contributed by atoms with E-state index < -0.39 is 107 Å². The van der Waals surface area contributed by atoms with Crippen molar-refractivity contribution in [1.29, 1.82) is 0 Å². The van der Waals surface area contributed by atoms with Crippen LogP contribution in [0.5, 0.6) is 23.0 Å². The summed E-state index contributed by atoms with van der Waals surface area (Å²) in [4.78, 5) is 60.1. The van der Waals surface area contributed by atoms with Gasteiger partial charge in [0.05, 0.1) is 60.2 Å². The number of aliphatic hydroxyl groups is 3. The molecule has 6 atom stereocenters. The first-order valence-electron chi connectivity index (χ1n) is 16.7. The van der Waals surface area contributed by atoms with Crippen LogP contribution in [0.2, 0.25) is 0 Å². The number of nitrogens with zero attached hydrogens (tertiary/aromatic N) is 1. The number of hydrogen-bond acceptors (Lipinski definition) is 17. The van der Waals surface area contributed by atoms with Gasteiger partial charge >= 0.3 is 6.09 Å². The summed E-state index contributed by atoms with van der Waals surface area (Å²) in [6.07, 6.45) is -6.04. The van der Waals surface area contributed by atoms with Crippen molar-refractivity contribution in [3.05, 3.63) is 85.5 Å². The minimum Gasteiger partial charge on any atom is -0.507 e. The van der Waals surface area contributed by atoms with Crippen LogP contribution in [0.4, 0.5) is 10.5 Å². The average molecular weight is 770 g/mol. The molecule has 9 N–H and O–H groups in total. The van der Waals surface area contributed by atoms with E-state index in [4.69, 9.17) is 30.4 Å². The number of Topliss-reactive ketones (excluding diaryl/α,β-unsaturated/α-hetero) is 1. The van der Waals surface area contributed by atoms with Crippen LogP contribution in [0.25, 0.3) is 0 Å². The molecule has 19 heteroatoms. The number of nitro benzene ring substituents is 1. The molecule has 294 valence electrons. The van der Waals surface area contributed by atoms with Gasteiger partial charge in [0.2, 0.25) is 5.78 Å². The summed E-state index contributed by atoms with van der Waals surface area (Å²) in [6, 6.07) is 7.62. The summed E-state index contributed by atoms with van der Waals surface area (Å²) in [7, 11) is 2.69. The van der Waals surface area contributed by atoms with Crippen LogP contribution in [-0.4, -0.2) is 105 Å². The Morgan fingerprint density at radius 1 is 1.04 bits per heavy atom. The van der Waals surface area contributed by atoms with Gasteiger partial charge in [-0.15, -0.1) is 0 Å². The van der Waals surface area contributed by atoms with Crippen molar-refractivity contribution < 1.29 is 73.3 Å². The average Bonchev–Trinajstić information content (AvgIpc) is 3.15. The number of fused-ring (bicyclic) bond motifs is 3. The van der Waals surface area contributed by atoms with Gasteiger partial charge in [0.25, 0.3) is 5.69 Å². The fourth-order valence-electron chi connectivity index (χ4n) is 6.87. The lowest BCUT2D eigenvalue weighted by Crippen LogP contribution is -2.53. The van der Waals surface area contributed by atoms with Crippen LogP contribution in [0, 0.1) is 10.1 Å². The predicted octanol–water partition coefficient (Wildman–Crippen LogP) is 1.20. The second kappa shape index (κ2) is 16.0. The minimum atomic E-state index is -2.24. The van der Waals surface area contributed by atoms with E-state index in [0.717, 1.165) is 0 Å². The van der Waals surface area contributed by atoms with Crippen LogP contribution < -0.4 is 20.9 Å². The largest absolute Gasteiger partial charge is 0.507 e. The normalized spacial score (nSPS) is 23.9. The highest BCUT2D eigenvalue weighted by Crippen LogP contribution is 2.52. The number of phenolic OH excluding ortho intramolecular Hbond substituents is 2. The SMILES string of the molecule is COc1cc([N+](=O)[O-])ccc1COC(N)=O.COc1cccc2c1C(=O)c1c(O)c3c(c(O)c1C2=O)C[C@@](O)(C(=O)CO)C[C@@H]3O[C@H]1C[C@H](N)[C@H](O)[C@H](C)O1. The first-order valence-corrected chi connectivity index (χ1v) is 16.7. The third-order valence-corrected chi connectivity index (χ3v) is 9.66. The van der Waals surface area contributed by atoms with Crippen molar-refractivity contribution in [2.75, 3.05) is 20.8 Å². The molecule has 1 heterocycles. The summed E-state index contributed by atoms with van der Waals surface area (Å²) in [6.45, 7) is 0.473. The van der Waals surface area contributed by atoms with E-state index in [2.05, 4.69) is 4.74 Å². The molecule has 3 aromatic carbocycles. The van der Waals surface area contributed by atoms with E-state index >= 15 is 0 Å². The number of amides is 1. The van der Waals surface area contributed by atoms with Crippen molar-refractivity contribution in [2.24, 2.45) is 11.5 Å². The Balaban J connectivity index is 0.000000305. The highest BCUT2D eigenvalue weighted by atomic mass is 16.7. The maximum absolute atomic E-state index is 13.6. The van der Waals surface area contributed by atoms with Gasteiger partial charge in [-0.3, -0.25) is 24.5 Å². The number of carbonyl (C=O) groups excluding carboxylic acids is 4. The first-order chi connectivity index (χ1) is 26.0. The van der Waals surface area contributed by atoms with Gasteiger partial charge in [0.1, 0.15) is 41.8 Å². The van der Waals surface area contributed by atoms with E-state index in [1.165, 1.54) is 50.6 Å². The molecule has 3 aliphatic rings. The zero-order valence-electron chi connectivity index (χ0n) is 29.7. The molecule has 0 unspecified atom stereocenters. The van der Waals surface area contributed by atoms with Crippen LogP contribution in [0.15, 0.2) is 36.4 Å². The number of aromatic hydroxyl groups is 2. The Kier molecular flexibility index (Phi) is 11.7. The lowest BCUT2D eigenvalue weighted by molar-refractivity contribution is -0.384. The van der Waals surface area contributed by atoms with Gasteiger partial charge in [-0.2, -0.15) is 0 Å². The molecule has 19 nitrogen and oxygen atoms in total. The standard InChI is InChI=1S/C27H29NO11.C9H10N2O5/c1-10-22(31)13(28)6-17(38-10)39-15-8-27(36,16(30)9-29)7-12-19(15)26(35)21-20(24(12)33)23(32)11-4-3-5-14(37-2)18(11)25(21)34;1-15-8-4-7(11(13)14)3-2-6(8)5-16-9(10)12/h3-5,10,13,15,17,22,29,31,33,35-36H,6-9,28H2,1-2H3;2-4H,5H2,1H3,(H2,10,12)/t10-,13-,15-,17-,22+,27-;/m0./s1. The summed E-state index contributed by atoms with van der Waals surface area (Å²) in [5.41, 5.74) is 7.58. The van der Waals surface area contributed by atoms with Gasteiger partial charge in [0.15, 0.2) is 17.9 Å². The Bertz CT molecular complexity index is 2040. The van der Waals surface area contributed by atoms with Crippen LogP contribution in [-0.2, 0) is 32.0 Å². The Morgan fingerprint density at radius 3 is 2.31 bits per heavy atom. The highest BCUT2D eigenvalue weighted by molar-refractivity contribution is 6.31. The van der Waals surface area contributed by atoms with E-state index in [0.29, 0.717) is 5.56 Å².